The summed E-state index contributed by atoms with van der Waals surface area (Å²) in [5.41, 5.74) is 9.30. The van der Waals surface area contributed by atoms with Gasteiger partial charge in [-0.15, -0.1) is 0 Å². The molecule has 2 aromatic carbocycles. The summed E-state index contributed by atoms with van der Waals surface area (Å²) in [6.07, 6.45) is 0.618. The molecule has 108 valence electrons. The standard InChI is InChI=1S/C16H15FIN3/c1-21-15-5-3-2-4-14(15)20-16(21)9-13(19)11-7-6-10(17)8-12(11)18/h2-8,13H,9,19H2,1H3. The molecule has 3 rings (SSSR count). The Balaban J connectivity index is 1.92. The van der Waals surface area contributed by atoms with E-state index in [1.165, 1.54) is 12.1 Å². The molecule has 1 unspecified atom stereocenters. The van der Waals surface area contributed by atoms with Crippen molar-refractivity contribution in [3.8, 4) is 0 Å². The Hall–Kier alpha value is -1.47. The molecule has 1 heterocycles. The van der Waals surface area contributed by atoms with E-state index in [0.29, 0.717) is 6.42 Å². The summed E-state index contributed by atoms with van der Waals surface area (Å²) in [4.78, 5) is 4.63. The quantitative estimate of drug-likeness (QED) is 0.690. The van der Waals surface area contributed by atoms with Gasteiger partial charge in [-0.2, -0.15) is 0 Å². The molecule has 0 saturated carbocycles. The third-order valence-corrected chi connectivity index (χ3v) is 4.58. The Morgan fingerprint density at radius 1 is 1.29 bits per heavy atom. The molecule has 1 aromatic heterocycles. The van der Waals surface area contributed by atoms with Crippen molar-refractivity contribution in [2.45, 2.75) is 12.5 Å². The number of aryl methyl sites for hydroxylation is 1. The number of rotatable bonds is 3. The highest BCUT2D eigenvalue weighted by atomic mass is 127. The topological polar surface area (TPSA) is 43.8 Å². The van der Waals surface area contributed by atoms with E-state index in [-0.39, 0.29) is 11.9 Å². The van der Waals surface area contributed by atoms with E-state index < -0.39 is 0 Å². The Labute approximate surface area is 136 Å². The van der Waals surface area contributed by atoms with Crippen LogP contribution in [-0.4, -0.2) is 9.55 Å². The predicted molar refractivity (Wildman–Crippen MR) is 90.5 cm³/mol. The van der Waals surface area contributed by atoms with Crippen molar-refractivity contribution in [1.82, 2.24) is 9.55 Å². The zero-order chi connectivity index (χ0) is 15.0. The minimum absolute atomic E-state index is 0.201. The van der Waals surface area contributed by atoms with Gasteiger partial charge in [0.15, 0.2) is 0 Å². The zero-order valence-electron chi connectivity index (χ0n) is 11.6. The molecule has 0 aliphatic rings. The highest BCUT2D eigenvalue weighted by molar-refractivity contribution is 14.1. The zero-order valence-corrected chi connectivity index (χ0v) is 13.7. The molecular formula is C16H15FIN3. The number of imidazole rings is 1. The molecule has 3 aromatic rings. The number of para-hydroxylation sites is 2. The molecule has 0 aliphatic carbocycles. The van der Waals surface area contributed by atoms with Crippen LogP contribution in [0, 0.1) is 9.39 Å². The Morgan fingerprint density at radius 2 is 2.05 bits per heavy atom. The maximum absolute atomic E-state index is 13.2. The first-order chi connectivity index (χ1) is 10.1. The molecule has 0 bridgehead atoms. The SMILES string of the molecule is Cn1c(CC(N)c2ccc(F)cc2I)nc2ccccc21. The highest BCUT2D eigenvalue weighted by Crippen LogP contribution is 2.23. The molecule has 2 N–H and O–H groups in total. The number of nitrogens with zero attached hydrogens (tertiary/aromatic N) is 2. The van der Waals surface area contributed by atoms with Gasteiger partial charge in [0.05, 0.1) is 11.0 Å². The normalized spacial score (nSPS) is 12.8. The molecule has 5 heteroatoms. The fourth-order valence-electron chi connectivity index (χ4n) is 2.49. The van der Waals surface area contributed by atoms with Gasteiger partial charge in [0.2, 0.25) is 0 Å². The average molecular weight is 395 g/mol. The molecule has 1 atom stereocenters. The van der Waals surface area contributed by atoms with Crippen LogP contribution in [0.15, 0.2) is 42.5 Å². The monoisotopic (exact) mass is 395 g/mol. The Kier molecular flexibility index (Phi) is 3.95. The van der Waals surface area contributed by atoms with Gasteiger partial charge in [0.25, 0.3) is 0 Å². The van der Waals surface area contributed by atoms with E-state index in [1.54, 1.807) is 6.07 Å². The van der Waals surface area contributed by atoms with Crippen molar-refractivity contribution in [2.24, 2.45) is 12.8 Å². The van der Waals surface area contributed by atoms with Crippen molar-refractivity contribution in [1.29, 1.82) is 0 Å². The number of halogens is 2. The van der Waals surface area contributed by atoms with Crippen LogP contribution in [0.4, 0.5) is 4.39 Å². The molecule has 3 nitrogen and oxygen atoms in total. The number of benzene rings is 2. The largest absolute Gasteiger partial charge is 0.331 e. The number of aromatic nitrogens is 2. The first-order valence-electron chi connectivity index (χ1n) is 6.67. The van der Waals surface area contributed by atoms with Crippen molar-refractivity contribution >= 4 is 33.6 Å². The predicted octanol–water partition coefficient (Wildman–Crippen LogP) is 3.56. The maximum atomic E-state index is 13.2. The van der Waals surface area contributed by atoms with Gasteiger partial charge >= 0.3 is 0 Å². The van der Waals surface area contributed by atoms with E-state index in [1.807, 2.05) is 31.3 Å². The highest BCUT2D eigenvalue weighted by Gasteiger charge is 2.15. The lowest BCUT2D eigenvalue weighted by Gasteiger charge is -2.14. The first-order valence-corrected chi connectivity index (χ1v) is 7.75. The van der Waals surface area contributed by atoms with E-state index in [0.717, 1.165) is 26.0 Å². The van der Waals surface area contributed by atoms with E-state index in [9.17, 15) is 4.39 Å². The van der Waals surface area contributed by atoms with Gasteiger partial charge in [0.1, 0.15) is 11.6 Å². The van der Waals surface area contributed by atoms with Crippen LogP contribution in [0.1, 0.15) is 17.4 Å². The summed E-state index contributed by atoms with van der Waals surface area (Å²) in [5, 5.41) is 0. The summed E-state index contributed by atoms with van der Waals surface area (Å²) < 4.78 is 16.1. The minimum Gasteiger partial charge on any atom is -0.331 e. The summed E-state index contributed by atoms with van der Waals surface area (Å²) in [5.74, 6) is 0.696. The van der Waals surface area contributed by atoms with Gasteiger partial charge in [-0.25, -0.2) is 9.37 Å². The molecule has 21 heavy (non-hydrogen) atoms. The molecule has 0 saturated heterocycles. The van der Waals surface area contributed by atoms with Crippen LogP contribution in [0.2, 0.25) is 0 Å². The molecule has 0 amide bonds. The second-order valence-corrected chi connectivity index (χ2v) is 6.21. The van der Waals surface area contributed by atoms with Gasteiger partial charge in [-0.1, -0.05) is 18.2 Å². The second kappa shape index (κ2) is 5.73. The third kappa shape index (κ3) is 2.80. The molecule has 0 fully saturated rings. The van der Waals surface area contributed by atoms with Crippen LogP contribution in [0.5, 0.6) is 0 Å². The summed E-state index contributed by atoms with van der Waals surface area (Å²) in [6.45, 7) is 0. The maximum Gasteiger partial charge on any atom is 0.124 e. The number of nitrogens with two attached hydrogens (primary N) is 1. The van der Waals surface area contributed by atoms with Crippen LogP contribution in [-0.2, 0) is 13.5 Å². The van der Waals surface area contributed by atoms with Crippen LogP contribution >= 0.6 is 22.6 Å². The molecule has 0 spiro atoms. The minimum atomic E-state index is -0.238. The summed E-state index contributed by atoms with van der Waals surface area (Å²) in [6, 6.07) is 12.5. The van der Waals surface area contributed by atoms with Gasteiger partial charge in [-0.05, 0) is 52.4 Å². The van der Waals surface area contributed by atoms with E-state index >= 15 is 0 Å². The fourth-order valence-corrected chi connectivity index (χ4v) is 3.36. The van der Waals surface area contributed by atoms with Crippen LogP contribution < -0.4 is 5.73 Å². The lowest BCUT2D eigenvalue weighted by Crippen LogP contribution is -2.17. The summed E-state index contributed by atoms with van der Waals surface area (Å²) >= 11 is 2.12. The number of hydrogen-bond donors (Lipinski definition) is 1. The smallest absolute Gasteiger partial charge is 0.124 e. The van der Waals surface area contributed by atoms with Gasteiger partial charge in [-0.3, -0.25) is 0 Å². The second-order valence-electron chi connectivity index (χ2n) is 5.05. The molecule has 0 aliphatic heterocycles. The van der Waals surface area contributed by atoms with Crippen molar-refractivity contribution in [3.05, 3.63) is 63.2 Å². The van der Waals surface area contributed by atoms with E-state index in [2.05, 4.69) is 32.1 Å². The average Bonchev–Trinajstić information content (AvgIpc) is 2.76. The Bertz CT molecular complexity index is 797. The van der Waals surface area contributed by atoms with Crippen molar-refractivity contribution in [3.63, 3.8) is 0 Å². The first kappa shape index (κ1) is 14.5. The Morgan fingerprint density at radius 3 is 2.76 bits per heavy atom. The lowest BCUT2D eigenvalue weighted by molar-refractivity contribution is 0.619. The van der Waals surface area contributed by atoms with Gasteiger partial charge in [0, 0.05) is 23.1 Å². The molecule has 0 radical (unpaired) electrons. The van der Waals surface area contributed by atoms with Crippen molar-refractivity contribution in [2.75, 3.05) is 0 Å². The fraction of sp³-hybridized carbons (Fsp3) is 0.188. The molecular weight excluding hydrogens is 380 g/mol. The third-order valence-electron chi connectivity index (χ3n) is 3.64. The van der Waals surface area contributed by atoms with Crippen LogP contribution in [0.3, 0.4) is 0 Å². The van der Waals surface area contributed by atoms with E-state index in [4.69, 9.17) is 5.73 Å². The van der Waals surface area contributed by atoms with Gasteiger partial charge < -0.3 is 10.3 Å². The number of fused-ring (bicyclic) bond motifs is 1. The van der Waals surface area contributed by atoms with Crippen LogP contribution in [0.25, 0.3) is 11.0 Å². The van der Waals surface area contributed by atoms with Crippen molar-refractivity contribution < 1.29 is 4.39 Å². The lowest BCUT2D eigenvalue weighted by atomic mass is 10.0. The number of hydrogen-bond acceptors (Lipinski definition) is 2. The summed E-state index contributed by atoms with van der Waals surface area (Å²) in [7, 11) is 1.99.